The standard InChI is InChI=1S/C18H24N2O3/c1-18(2,3)14-6-4-5-7-15(14)20-17(23)16(22)19-13-9-8-12(10-13)11-21/h4-9,12-13,21H,10-11H2,1-3H3,(H,19,22)(H,20,23)/t12-,13+/m0/s1. The lowest BCUT2D eigenvalue weighted by atomic mass is 9.86. The summed E-state index contributed by atoms with van der Waals surface area (Å²) in [7, 11) is 0. The molecule has 2 amide bonds. The van der Waals surface area contributed by atoms with Crippen molar-refractivity contribution < 1.29 is 14.7 Å². The van der Waals surface area contributed by atoms with Crippen LogP contribution in [0, 0.1) is 5.92 Å². The summed E-state index contributed by atoms with van der Waals surface area (Å²) < 4.78 is 0. The Morgan fingerprint density at radius 2 is 1.87 bits per heavy atom. The van der Waals surface area contributed by atoms with Crippen LogP contribution in [0.15, 0.2) is 36.4 Å². The number of aliphatic hydroxyl groups excluding tert-OH is 1. The van der Waals surface area contributed by atoms with Crippen LogP contribution < -0.4 is 10.6 Å². The van der Waals surface area contributed by atoms with Crippen LogP contribution in [0.25, 0.3) is 0 Å². The molecule has 5 heteroatoms. The molecule has 0 saturated carbocycles. The van der Waals surface area contributed by atoms with E-state index in [2.05, 4.69) is 31.4 Å². The highest BCUT2D eigenvalue weighted by molar-refractivity contribution is 6.39. The van der Waals surface area contributed by atoms with Gasteiger partial charge in [0.1, 0.15) is 0 Å². The molecular formula is C18H24N2O3. The molecule has 2 atom stereocenters. The average molecular weight is 316 g/mol. The van der Waals surface area contributed by atoms with Crippen LogP contribution in [0.2, 0.25) is 0 Å². The molecule has 0 aliphatic heterocycles. The molecule has 0 saturated heterocycles. The molecular weight excluding hydrogens is 292 g/mol. The van der Waals surface area contributed by atoms with Crippen LogP contribution in [0.1, 0.15) is 32.8 Å². The van der Waals surface area contributed by atoms with E-state index in [1.54, 1.807) is 6.07 Å². The maximum Gasteiger partial charge on any atom is 0.313 e. The minimum Gasteiger partial charge on any atom is -0.396 e. The van der Waals surface area contributed by atoms with E-state index >= 15 is 0 Å². The molecule has 0 aromatic heterocycles. The second-order valence-corrected chi connectivity index (χ2v) is 6.89. The van der Waals surface area contributed by atoms with Gasteiger partial charge < -0.3 is 15.7 Å². The topological polar surface area (TPSA) is 78.4 Å². The molecule has 0 spiro atoms. The summed E-state index contributed by atoms with van der Waals surface area (Å²) >= 11 is 0. The predicted molar refractivity (Wildman–Crippen MR) is 90.0 cm³/mol. The summed E-state index contributed by atoms with van der Waals surface area (Å²) in [4.78, 5) is 24.2. The van der Waals surface area contributed by atoms with Gasteiger partial charge in [0.15, 0.2) is 0 Å². The van der Waals surface area contributed by atoms with Crippen molar-refractivity contribution in [3.63, 3.8) is 0 Å². The van der Waals surface area contributed by atoms with Gasteiger partial charge in [-0.3, -0.25) is 9.59 Å². The van der Waals surface area contributed by atoms with Crippen LogP contribution in [0.5, 0.6) is 0 Å². The largest absolute Gasteiger partial charge is 0.396 e. The Hall–Kier alpha value is -2.14. The Morgan fingerprint density at radius 3 is 2.48 bits per heavy atom. The fourth-order valence-electron chi connectivity index (χ4n) is 2.68. The minimum absolute atomic E-state index is 0.0463. The number of anilines is 1. The van der Waals surface area contributed by atoms with Gasteiger partial charge in [0.25, 0.3) is 0 Å². The van der Waals surface area contributed by atoms with Crippen LogP contribution in [-0.2, 0) is 15.0 Å². The molecule has 3 N–H and O–H groups in total. The second-order valence-electron chi connectivity index (χ2n) is 6.89. The van der Waals surface area contributed by atoms with Crippen molar-refractivity contribution >= 4 is 17.5 Å². The van der Waals surface area contributed by atoms with E-state index in [0.29, 0.717) is 12.1 Å². The Morgan fingerprint density at radius 1 is 1.17 bits per heavy atom. The van der Waals surface area contributed by atoms with Crippen molar-refractivity contribution in [2.75, 3.05) is 11.9 Å². The van der Waals surface area contributed by atoms with E-state index in [9.17, 15) is 9.59 Å². The van der Waals surface area contributed by atoms with Gasteiger partial charge in [-0.25, -0.2) is 0 Å². The fraction of sp³-hybridized carbons (Fsp3) is 0.444. The van der Waals surface area contributed by atoms with E-state index in [-0.39, 0.29) is 24.0 Å². The lowest BCUT2D eigenvalue weighted by Crippen LogP contribution is -2.41. The van der Waals surface area contributed by atoms with E-state index in [1.807, 2.05) is 30.4 Å². The van der Waals surface area contributed by atoms with E-state index in [1.165, 1.54) is 0 Å². The zero-order valence-corrected chi connectivity index (χ0v) is 13.8. The molecule has 0 heterocycles. The van der Waals surface area contributed by atoms with Crippen molar-refractivity contribution in [1.82, 2.24) is 5.32 Å². The summed E-state index contributed by atoms with van der Waals surface area (Å²) in [5, 5.41) is 14.4. The summed E-state index contributed by atoms with van der Waals surface area (Å²) in [5.74, 6) is -1.30. The molecule has 1 aliphatic rings. The van der Waals surface area contributed by atoms with Crippen molar-refractivity contribution in [3.8, 4) is 0 Å². The highest BCUT2D eigenvalue weighted by Crippen LogP contribution is 2.29. The van der Waals surface area contributed by atoms with Crippen molar-refractivity contribution in [2.45, 2.75) is 38.6 Å². The fourth-order valence-corrected chi connectivity index (χ4v) is 2.68. The highest BCUT2D eigenvalue weighted by Gasteiger charge is 2.24. The lowest BCUT2D eigenvalue weighted by molar-refractivity contribution is -0.136. The SMILES string of the molecule is CC(C)(C)c1ccccc1NC(=O)C(=O)N[C@@H]1C=C[C@H](CO)C1. The molecule has 0 radical (unpaired) electrons. The number of hydrogen-bond donors (Lipinski definition) is 3. The van der Waals surface area contributed by atoms with Gasteiger partial charge in [0.2, 0.25) is 0 Å². The third-order valence-electron chi connectivity index (χ3n) is 3.91. The van der Waals surface area contributed by atoms with Gasteiger partial charge in [0, 0.05) is 24.3 Å². The number of benzene rings is 1. The lowest BCUT2D eigenvalue weighted by Gasteiger charge is -2.23. The van der Waals surface area contributed by atoms with Gasteiger partial charge in [0.05, 0.1) is 0 Å². The monoisotopic (exact) mass is 316 g/mol. The Balaban J connectivity index is 2.00. The maximum absolute atomic E-state index is 12.1. The highest BCUT2D eigenvalue weighted by atomic mass is 16.3. The maximum atomic E-state index is 12.1. The molecule has 1 aromatic rings. The third kappa shape index (κ3) is 4.42. The Bertz CT molecular complexity index is 617. The molecule has 1 aromatic carbocycles. The first-order chi connectivity index (χ1) is 10.8. The van der Waals surface area contributed by atoms with Crippen LogP contribution in [-0.4, -0.2) is 29.6 Å². The zero-order chi connectivity index (χ0) is 17.0. The minimum atomic E-state index is -0.678. The van der Waals surface area contributed by atoms with Crippen molar-refractivity contribution in [3.05, 3.63) is 42.0 Å². The predicted octanol–water partition coefficient (Wildman–Crippen LogP) is 1.98. The van der Waals surface area contributed by atoms with Gasteiger partial charge in [-0.05, 0) is 23.5 Å². The number of carbonyl (C=O) groups excluding carboxylic acids is 2. The van der Waals surface area contributed by atoms with E-state index in [4.69, 9.17) is 5.11 Å². The number of aliphatic hydroxyl groups is 1. The molecule has 23 heavy (non-hydrogen) atoms. The van der Waals surface area contributed by atoms with E-state index in [0.717, 1.165) is 5.56 Å². The van der Waals surface area contributed by atoms with Gasteiger partial charge >= 0.3 is 11.8 Å². The number of carbonyl (C=O) groups is 2. The second kappa shape index (κ2) is 6.96. The first-order valence-electron chi connectivity index (χ1n) is 7.82. The zero-order valence-electron chi connectivity index (χ0n) is 13.8. The Labute approximate surface area is 136 Å². The van der Waals surface area contributed by atoms with Crippen LogP contribution >= 0.6 is 0 Å². The molecule has 2 rings (SSSR count). The number of para-hydroxylation sites is 1. The summed E-state index contributed by atoms with van der Waals surface area (Å²) in [6.07, 6.45) is 4.29. The number of nitrogens with one attached hydrogen (secondary N) is 2. The number of amides is 2. The molecule has 1 aliphatic carbocycles. The normalized spacial score (nSPS) is 20.3. The Kier molecular flexibility index (Phi) is 5.21. The van der Waals surface area contributed by atoms with Crippen LogP contribution in [0.4, 0.5) is 5.69 Å². The molecule has 5 nitrogen and oxygen atoms in total. The van der Waals surface area contributed by atoms with Crippen molar-refractivity contribution in [2.24, 2.45) is 5.92 Å². The average Bonchev–Trinajstić information content (AvgIpc) is 2.94. The number of rotatable bonds is 3. The molecule has 0 unspecified atom stereocenters. The molecule has 0 fully saturated rings. The molecule has 0 bridgehead atoms. The summed E-state index contributed by atoms with van der Waals surface area (Å²) in [6.45, 7) is 6.21. The van der Waals surface area contributed by atoms with E-state index < -0.39 is 11.8 Å². The third-order valence-corrected chi connectivity index (χ3v) is 3.91. The van der Waals surface area contributed by atoms with Gasteiger partial charge in [-0.15, -0.1) is 0 Å². The first-order valence-corrected chi connectivity index (χ1v) is 7.82. The molecule has 124 valence electrons. The van der Waals surface area contributed by atoms with Crippen LogP contribution in [0.3, 0.4) is 0 Å². The quantitative estimate of drug-likeness (QED) is 0.589. The van der Waals surface area contributed by atoms with Gasteiger partial charge in [-0.1, -0.05) is 51.1 Å². The smallest absolute Gasteiger partial charge is 0.313 e. The van der Waals surface area contributed by atoms with Gasteiger partial charge in [-0.2, -0.15) is 0 Å². The van der Waals surface area contributed by atoms with Crippen molar-refractivity contribution in [1.29, 1.82) is 0 Å². The summed E-state index contributed by atoms with van der Waals surface area (Å²) in [6, 6.07) is 7.27. The number of hydrogen-bond acceptors (Lipinski definition) is 3. The summed E-state index contributed by atoms with van der Waals surface area (Å²) in [5.41, 5.74) is 1.49. The first kappa shape index (κ1) is 17.2.